The van der Waals surface area contributed by atoms with Crippen LogP contribution in [0.25, 0.3) is 0 Å². The molecule has 1 saturated carbocycles. The highest BCUT2D eigenvalue weighted by molar-refractivity contribution is 5.75. The minimum Gasteiger partial charge on any atom is -0.393 e. The second-order valence-corrected chi connectivity index (χ2v) is 5.57. The number of nitrogens with one attached hydrogen (secondary N) is 1. The van der Waals surface area contributed by atoms with Gasteiger partial charge in [-0.25, -0.2) is 0 Å². The molecule has 1 amide bonds. The number of hydrogen-bond donors (Lipinski definition) is 2. The van der Waals surface area contributed by atoms with Crippen LogP contribution in [0.4, 0.5) is 5.69 Å². The maximum absolute atomic E-state index is 11.9. The molecule has 8 nitrogen and oxygen atoms in total. The smallest absolute Gasteiger partial charge is 0.312 e. The molecule has 2 atom stereocenters. The van der Waals surface area contributed by atoms with Crippen LogP contribution in [-0.4, -0.2) is 38.4 Å². The van der Waals surface area contributed by atoms with Crippen LogP contribution in [0.5, 0.6) is 0 Å². The molecule has 0 saturated heterocycles. The van der Waals surface area contributed by atoms with Crippen molar-refractivity contribution in [3.63, 3.8) is 0 Å². The second-order valence-electron chi connectivity index (χ2n) is 5.57. The summed E-state index contributed by atoms with van der Waals surface area (Å²) in [5.41, 5.74) is 0.648. The minimum absolute atomic E-state index is 0.0320. The first-order valence-corrected chi connectivity index (χ1v) is 7.01. The van der Waals surface area contributed by atoms with Crippen LogP contribution in [0.2, 0.25) is 0 Å². The molecule has 2 unspecified atom stereocenters. The predicted octanol–water partition coefficient (Wildman–Crippen LogP) is 0.685. The van der Waals surface area contributed by atoms with E-state index >= 15 is 0 Å². The van der Waals surface area contributed by atoms with Crippen LogP contribution in [0, 0.1) is 29.9 Å². The van der Waals surface area contributed by atoms with E-state index in [4.69, 9.17) is 0 Å². The van der Waals surface area contributed by atoms with E-state index in [2.05, 4.69) is 10.4 Å². The second kappa shape index (κ2) is 6.21. The Balaban J connectivity index is 1.91. The van der Waals surface area contributed by atoms with E-state index in [1.807, 2.05) is 0 Å². The molecule has 1 aliphatic carbocycles. The number of aryl methyl sites for hydroxylation is 1. The molecule has 8 heteroatoms. The Labute approximate surface area is 122 Å². The Kier molecular flexibility index (Phi) is 4.56. The highest BCUT2D eigenvalue weighted by atomic mass is 16.6. The van der Waals surface area contributed by atoms with E-state index < -0.39 is 4.92 Å². The average molecular weight is 296 g/mol. The third-order valence-electron chi connectivity index (χ3n) is 3.92. The van der Waals surface area contributed by atoms with E-state index in [0.717, 1.165) is 12.8 Å². The zero-order valence-corrected chi connectivity index (χ0v) is 12.2. The summed E-state index contributed by atoms with van der Waals surface area (Å²) in [4.78, 5) is 22.3. The molecule has 2 rings (SSSR count). The van der Waals surface area contributed by atoms with Gasteiger partial charge in [0.25, 0.3) is 0 Å². The molecule has 0 radical (unpaired) electrons. The van der Waals surface area contributed by atoms with Gasteiger partial charge in [0.15, 0.2) is 0 Å². The molecule has 1 heterocycles. The van der Waals surface area contributed by atoms with Crippen LogP contribution in [-0.2, 0) is 11.3 Å². The molecular formula is C13H20N4O4. The number of aliphatic hydroxyl groups is 1. The molecular weight excluding hydrogens is 276 g/mol. The van der Waals surface area contributed by atoms with Crippen molar-refractivity contribution < 1.29 is 14.8 Å². The summed E-state index contributed by atoms with van der Waals surface area (Å²) in [6.45, 7) is 3.63. The number of aromatic nitrogens is 2. The Morgan fingerprint density at radius 2 is 2.24 bits per heavy atom. The molecule has 0 aliphatic heterocycles. The zero-order chi connectivity index (χ0) is 15.6. The van der Waals surface area contributed by atoms with Gasteiger partial charge in [-0.15, -0.1) is 0 Å². The largest absolute Gasteiger partial charge is 0.393 e. The van der Waals surface area contributed by atoms with Crippen molar-refractivity contribution >= 4 is 11.6 Å². The van der Waals surface area contributed by atoms with Crippen molar-refractivity contribution in [2.75, 3.05) is 6.54 Å². The Hall–Kier alpha value is -1.96. The van der Waals surface area contributed by atoms with Crippen LogP contribution in [0.1, 0.15) is 30.7 Å². The van der Waals surface area contributed by atoms with Gasteiger partial charge in [0.1, 0.15) is 17.9 Å². The Bertz CT molecular complexity index is 555. The highest BCUT2D eigenvalue weighted by Gasteiger charge is 2.24. The van der Waals surface area contributed by atoms with Crippen LogP contribution < -0.4 is 5.32 Å². The highest BCUT2D eigenvalue weighted by Crippen LogP contribution is 2.24. The number of hydrogen-bond acceptors (Lipinski definition) is 5. The lowest BCUT2D eigenvalue weighted by atomic mass is 10.1. The predicted molar refractivity (Wildman–Crippen MR) is 74.7 cm³/mol. The zero-order valence-electron chi connectivity index (χ0n) is 12.2. The summed E-state index contributed by atoms with van der Waals surface area (Å²) >= 11 is 0. The fraction of sp³-hybridized carbons (Fsp3) is 0.692. The first-order chi connectivity index (χ1) is 9.88. The lowest BCUT2D eigenvalue weighted by Gasteiger charge is -2.11. The van der Waals surface area contributed by atoms with Crippen molar-refractivity contribution in [3.05, 3.63) is 21.5 Å². The third-order valence-corrected chi connectivity index (χ3v) is 3.92. The van der Waals surface area contributed by atoms with E-state index in [-0.39, 0.29) is 24.2 Å². The quantitative estimate of drug-likeness (QED) is 0.613. The maximum atomic E-state index is 11.9. The molecule has 1 aliphatic rings. The summed E-state index contributed by atoms with van der Waals surface area (Å²) in [6, 6.07) is 0. The van der Waals surface area contributed by atoms with Gasteiger partial charge >= 0.3 is 5.69 Å². The lowest BCUT2D eigenvalue weighted by Crippen LogP contribution is -2.32. The minimum atomic E-state index is -0.480. The molecule has 0 bridgehead atoms. The summed E-state index contributed by atoms with van der Waals surface area (Å²) < 4.78 is 1.35. The van der Waals surface area contributed by atoms with Crippen molar-refractivity contribution in [1.29, 1.82) is 0 Å². The van der Waals surface area contributed by atoms with Gasteiger partial charge in [-0.05, 0) is 39.0 Å². The van der Waals surface area contributed by atoms with E-state index in [9.17, 15) is 20.0 Å². The van der Waals surface area contributed by atoms with Crippen LogP contribution in [0.3, 0.4) is 0 Å². The van der Waals surface area contributed by atoms with Crippen molar-refractivity contribution in [2.24, 2.45) is 5.92 Å². The summed E-state index contributed by atoms with van der Waals surface area (Å²) in [5.74, 6) is 0.0793. The van der Waals surface area contributed by atoms with Gasteiger partial charge in [-0.3, -0.25) is 19.6 Å². The van der Waals surface area contributed by atoms with Gasteiger partial charge < -0.3 is 10.4 Å². The van der Waals surface area contributed by atoms with Crippen LogP contribution in [0.15, 0.2) is 0 Å². The molecule has 1 aromatic rings. The normalized spacial score (nSPS) is 21.5. The first kappa shape index (κ1) is 15.4. The van der Waals surface area contributed by atoms with E-state index in [0.29, 0.717) is 30.3 Å². The number of carbonyl (C=O) groups excluding carboxylic acids is 1. The number of amides is 1. The molecule has 2 N–H and O–H groups in total. The number of nitro groups is 1. The van der Waals surface area contributed by atoms with E-state index in [1.54, 1.807) is 13.8 Å². The first-order valence-electron chi connectivity index (χ1n) is 7.01. The monoisotopic (exact) mass is 296 g/mol. The standard InChI is InChI=1S/C13H20N4O4/c1-8-13(17(20)21)9(2)16(15-8)7-12(19)14-6-10-3-4-11(18)5-10/h10-11,18H,3-7H2,1-2H3,(H,14,19). The summed E-state index contributed by atoms with van der Waals surface area (Å²) in [5, 5.41) is 27.2. The number of nitrogens with zero attached hydrogens (tertiary/aromatic N) is 3. The fourth-order valence-corrected chi connectivity index (χ4v) is 2.79. The maximum Gasteiger partial charge on any atom is 0.312 e. The third kappa shape index (κ3) is 3.57. The average Bonchev–Trinajstić information content (AvgIpc) is 2.91. The van der Waals surface area contributed by atoms with E-state index in [1.165, 1.54) is 4.68 Å². The Morgan fingerprint density at radius 3 is 2.76 bits per heavy atom. The number of carbonyl (C=O) groups is 1. The van der Waals surface area contributed by atoms with Crippen LogP contribution >= 0.6 is 0 Å². The molecule has 0 aromatic carbocycles. The van der Waals surface area contributed by atoms with Crippen molar-refractivity contribution in [3.8, 4) is 0 Å². The molecule has 1 fully saturated rings. The lowest BCUT2D eigenvalue weighted by molar-refractivity contribution is -0.386. The fourth-order valence-electron chi connectivity index (χ4n) is 2.79. The van der Waals surface area contributed by atoms with Gasteiger partial charge in [0.2, 0.25) is 5.91 Å². The van der Waals surface area contributed by atoms with Crippen molar-refractivity contribution in [2.45, 2.75) is 45.8 Å². The van der Waals surface area contributed by atoms with Gasteiger partial charge in [-0.1, -0.05) is 0 Å². The topological polar surface area (TPSA) is 110 Å². The summed E-state index contributed by atoms with van der Waals surface area (Å²) in [7, 11) is 0. The SMILES string of the molecule is Cc1nn(CC(=O)NCC2CCC(O)C2)c(C)c1[N+](=O)[O-]. The Morgan fingerprint density at radius 1 is 1.52 bits per heavy atom. The number of aliphatic hydroxyl groups excluding tert-OH is 1. The number of rotatable bonds is 5. The van der Waals surface area contributed by atoms with Gasteiger partial charge in [0, 0.05) is 6.54 Å². The molecule has 21 heavy (non-hydrogen) atoms. The van der Waals surface area contributed by atoms with Gasteiger partial charge in [0.05, 0.1) is 11.0 Å². The molecule has 116 valence electrons. The molecule has 0 spiro atoms. The van der Waals surface area contributed by atoms with Gasteiger partial charge in [-0.2, -0.15) is 5.10 Å². The molecule has 1 aromatic heterocycles. The summed E-state index contributed by atoms with van der Waals surface area (Å²) in [6.07, 6.45) is 2.15. The van der Waals surface area contributed by atoms with Crippen molar-refractivity contribution in [1.82, 2.24) is 15.1 Å².